The van der Waals surface area contributed by atoms with Gasteiger partial charge in [-0.25, -0.2) is 0 Å². The summed E-state index contributed by atoms with van der Waals surface area (Å²) in [6.07, 6.45) is 6.87. The molecule has 6 atom stereocenters. The number of carbonyl (C=O) groups excluding carboxylic acids is 1. The number of rotatable bonds is 5. The van der Waals surface area contributed by atoms with Gasteiger partial charge in [-0.1, -0.05) is 30.3 Å². The fourth-order valence-corrected chi connectivity index (χ4v) is 4.53. The maximum atomic E-state index is 12.6. The number of quaternary nitrogens is 1. The monoisotopic (exact) mass is 344 g/mol. The summed E-state index contributed by atoms with van der Waals surface area (Å²) in [7, 11) is 2.09. The van der Waals surface area contributed by atoms with E-state index in [4.69, 9.17) is 11.2 Å². The highest BCUT2D eigenvalue weighted by Gasteiger charge is 2.56. The second kappa shape index (κ2) is 7.17. The van der Waals surface area contributed by atoms with E-state index >= 15 is 0 Å². The van der Waals surface area contributed by atoms with Gasteiger partial charge in [0.25, 0.3) is 0 Å². The molecule has 0 aromatic heterocycles. The van der Waals surface area contributed by atoms with Gasteiger partial charge in [-0.05, 0) is 11.5 Å². The summed E-state index contributed by atoms with van der Waals surface area (Å²) in [6, 6.07) is 9.38. The van der Waals surface area contributed by atoms with Crippen LogP contribution < -0.4 is 0 Å². The van der Waals surface area contributed by atoms with Crippen molar-refractivity contribution in [2.24, 2.45) is 0 Å². The molecule has 2 N–H and O–H groups in total. The van der Waals surface area contributed by atoms with Gasteiger partial charge in [0, 0.05) is 19.3 Å². The summed E-state index contributed by atoms with van der Waals surface area (Å²) in [5, 5.41) is 20.0. The van der Waals surface area contributed by atoms with Crippen LogP contribution in [0.5, 0.6) is 0 Å². The third-order valence-corrected chi connectivity index (χ3v) is 5.97. The number of esters is 1. The van der Waals surface area contributed by atoms with Crippen LogP contribution in [0.1, 0.15) is 30.7 Å². The molecule has 2 heterocycles. The Bertz CT molecular complexity index is 655. The van der Waals surface area contributed by atoms with Gasteiger partial charge in [-0.2, -0.15) is 0 Å². The maximum absolute atomic E-state index is 12.6. The molecule has 25 heavy (non-hydrogen) atoms. The molecule has 0 saturated carbocycles. The van der Waals surface area contributed by atoms with Crippen LogP contribution in [0.3, 0.4) is 0 Å². The summed E-state index contributed by atoms with van der Waals surface area (Å²) in [5.41, 5.74) is 0.752. The van der Waals surface area contributed by atoms with E-state index < -0.39 is 18.0 Å². The van der Waals surface area contributed by atoms with Gasteiger partial charge in [-0.15, -0.1) is 6.42 Å². The molecule has 1 aromatic carbocycles. The van der Waals surface area contributed by atoms with Crippen molar-refractivity contribution in [3.05, 3.63) is 35.9 Å². The van der Waals surface area contributed by atoms with Crippen molar-refractivity contribution in [3.63, 3.8) is 0 Å². The molecule has 2 fully saturated rings. The van der Waals surface area contributed by atoms with Crippen LogP contribution in [0.2, 0.25) is 0 Å². The van der Waals surface area contributed by atoms with Crippen molar-refractivity contribution in [1.82, 2.24) is 0 Å². The standard InChI is InChI=1S/C20H26NO4/c1-3-9-21(2)15-10-16(12-18(21)19(23)11-15)25-20(24)17(13-22)14-7-5-4-6-8-14/h1,4-8,15-19,22-23H,9-13H2,2H3/q+1/t15-,16+,17+,18+,19-,21-/m1/s1. The summed E-state index contributed by atoms with van der Waals surface area (Å²) in [4.78, 5) is 12.6. The summed E-state index contributed by atoms with van der Waals surface area (Å²) < 4.78 is 6.39. The van der Waals surface area contributed by atoms with Crippen LogP contribution >= 0.6 is 0 Å². The first-order chi connectivity index (χ1) is 12.0. The molecular formula is C20H26NO4+. The molecule has 2 bridgehead atoms. The van der Waals surface area contributed by atoms with Gasteiger partial charge in [0.1, 0.15) is 30.7 Å². The molecule has 0 unspecified atom stereocenters. The quantitative estimate of drug-likeness (QED) is 0.476. The molecule has 134 valence electrons. The van der Waals surface area contributed by atoms with Gasteiger partial charge < -0.3 is 19.4 Å². The third kappa shape index (κ3) is 3.30. The number of aliphatic hydroxyl groups excluding tert-OH is 2. The molecule has 5 heteroatoms. The first-order valence-corrected chi connectivity index (χ1v) is 8.82. The number of nitrogens with zero attached hydrogens (tertiary/aromatic N) is 1. The fourth-order valence-electron chi connectivity index (χ4n) is 4.53. The second-order valence-electron chi connectivity index (χ2n) is 7.41. The van der Waals surface area contributed by atoms with Gasteiger partial charge in [-0.3, -0.25) is 4.79 Å². The van der Waals surface area contributed by atoms with Crippen LogP contribution in [-0.2, 0) is 9.53 Å². The van der Waals surface area contributed by atoms with Crippen LogP contribution in [-0.4, -0.2) is 65.2 Å². The predicted molar refractivity (Wildman–Crippen MR) is 93.5 cm³/mol. The number of terminal acetylenes is 1. The minimum Gasteiger partial charge on any atom is -0.461 e. The van der Waals surface area contributed by atoms with Crippen LogP contribution in [0.15, 0.2) is 30.3 Å². The highest BCUT2D eigenvalue weighted by molar-refractivity contribution is 5.78. The summed E-state index contributed by atoms with van der Waals surface area (Å²) in [5.74, 6) is 1.65. The zero-order valence-electron chi connectivity index (χ0n) is 14.5. The SMILES string of the molecule is C#CC[N@+]1(C)[C@@H]2C[C@H](OC(=O)[C@@H](CO)c3ccccc3)C[C@H]1[C@H](O)C2. The number of hydrogen-bond acceptors (Lipinski definition) is 4. The lowest BCUT2D eigenvalue weighted by molar-refractivity contribution is -0.944. The summed E-state index contributed by atoms with van der Waals surface area (Å²) >= 11 is 0. The number of piperidine rings is 1. The number of hydrogen-bond donors (Lipinski definition) is 2. The van der Waals surface area contributed by atoms with Crippen molar-refractivity contribution in [3.8, 4) is 12.3 Å². The predicted octanol–water partition coefficient (Wildman–Crippen LogP) is 1.05. The number of likely N-dealkylation sites (N-methyl/N-ethyl adjacent to an activating group) is 1. The molecule has 3 rings (SSSR count). The molecule has 1 aromatic rings. The smallest absolute Gasteiger partial charge is 0.316 e. The lowest BCUT2D eigenvalue weighted by atomic mass is 9.95. The average molecular weight is 344 g/mol. The Kier molecular flexibility index (Phi) is 5.14. The highest BCUT2D eigenvalue weighted by Crippen LogP contribution is 2.42. The zero-order chi connectivity index (χ0) is 18.0. The second-order valence-corrected chi connectivity index (χ2v) is 7.41. The van der Waals surface area contributed by atoms with E-state index in [2.05, 4.69) is 13.0 Å². The van der Waals surface area contributed by atoms with E-state index in [1.165, 1.54) is 0 Å². The minimum absolute atomic E-state index is 0.00287. The Hall–Kier alpha value is -1.87. The number of ether oxygens (including phenoxy) is 1. The van der Waals surface area contributed by atoms with E-state index in [0.717, 1.165) is 5.56 Å². The van der Waals surface area contributed by atoms with Crippen molar-refractivity contribution < 1.29 is 24.2 Å². The van der Waals surface area contributed by atoms with Crippen molar-refractivity contribution >= 4 is 5.97 Å². The topological polar surface area (TPSA) is 66.8 Å². The van der Waals surface area contributed by atoms with E-state index in [9.17, 15) is 15.0 Å². The lowest BCUT2D eigenvalue weighted by Gasteiger charge is -2.45. The van der Waals surface area contributed by atoms with Gasteiger partial charge in [0.2, 0.25) is 0 Å². The zero-order valence-corrected chi connectivity index (χ0v) is 14.5. The van der Waals surface area contributed by atoms with Crippen LogP contribution in [0.4, 0.5) is 0 Å². The van der Waals surface area contributed by atoms with Crippen molar-refractivity contribution in [1.29, 1.82) is 0 Å². The highest BCUT2D eigenvalue weighted by atomic mass is 16.5. The Morgan fingerprint density at radius 2 is 2.08 bits per heavy atom. The largest absolute Gasteiger partial charge is 0.461 e. The van der Waals surface area contributed by atoms with E-state index in [0.29, 0.717) is 30.3 Å². The molecule has 5 nitrogen and oxygen atoms in total. The lowest BCUT2D eigenvalue weighted by Crippen LogP contribution is -2.60. The van der Waals surface area contributed by atoms with Crippen molar-refractivity contribution in [2.45, 2.75) is 49.5 Å². The summed E-state index contributed by atoms with van der Waals surface area (Å²) in [6.45, 7) is 0.298. The fraction of sp³-hybridized carbons (Fsp3) is 0.550. The van der Waals surface area contributed by atoms with Crippen molar-refractivity contribution in [2.75, 3.05) is 20.2 Å². The molecule has 0 radical (unpaired) electrons. The molecule has 2 saturated heterocycles. The van der Waals surface area contributed by atoms with Gasteiger partial charge in [0.05, 0.1) is 19.7 Å². The molecule has 0 spiro atoms. The average Bonchev–Trinajstić information content (AvgIpc) is 2.72. The first kappa shape index (κ1) is 17.9. The van der Waals surface area contributed by atoms with Gasteiger partial charge >= 0.3 is 5.97 Å². The normalized spacial score (nSPS) is 35.0. The van der Waals surface area contributed by atoms with Crippen LogP contribution in [0.25, 0.3) is 0 Å². The number of aliphatic hydroxyl groups is 2. The molecule has 2 aliphatic heterocycles. The molecule has 0 amide bonds. The number of benzene rings is 1. The number of carbonyl (C=O) groups is 1. The van der Waals surface area contributed by atoms with E-state index in [-0.39, 0.29) is 24.8 Å². The molecule has 0 aliphatic carbocycles. The van der Waals surface area contributed by atoms with E-state index in [1.807, 2.05) is 30.3 Å². The Morgan fingerprint density at radius 3 is 2.68 bits per heavy atom. The first-order valence-electron chi connectivity index (χ1n) is 8.82. The molecule has 2 aliphatic rings. The Labute approximate surface area is 148 Å². The third-order valence-electron chi connectivity index (χ3n) is 5.97. The van der Waals surface area contributed by atoms with E-state index in [1.54, 1.807) is 0 Å². The Balaban J connectivity index is 1.69. The molecular weight excluding hydrogens is 318 g/mol. The Morgan fingerprint density at radius 1 is 1.36 bits per heavy atom. The van der Waals surface area contributed by atoms with Gasteiger partial charge in [0.15, 0.2) is 0 Å². The minimum atomic E-state index is -0.669. The van der Waals surface area contributed by atoms with Crippen LogP contribution in [0, 0.1) is 12.3 Å². The number of fused-ring (bicyclic) bond motifs is 2. The maximum Gasteiger partial charge on any atom is 0.316 e.